The normalized spacial score (nSPS) is 20.4. The Bertz CT molecular complexity index is 1340. The van der Waals surface area contributed by atoms with Crippen LogP contribution in [0.3, 0.4) is 0 Å². The molecule has 0 saturated carbocycles. The molecule has 0 bridgehead atoms. The number of anilines is 1. The fourth-order valence-corrected chi connectivity index (χ4v) is 7.13. The quantitative estimate of drug-likeness (QED) is 0.369. The number of hydrogen-bond donors (Lipinski definition) is 1. The third-order valence-corrected chi connectivity index (χ3v) is 9.66. The minimum absolute atomic E-state index is 0.304. The van der Waals surface area contributed by atoms with Crippen molar-refractivity contribution in [3.8, 4) is 0 Å². The summed E-state index contributed by atoms with van der Waals surface area (Å²) in [6.45, 7) is 15.7. The van der Waals surface area contributed by atoms with Gasteiger partial charge in [0.1, 0.15) is 0 Å². The summed E-state index contributed by atoms with van der Waals surface area (Å²) < 4.78 is 0. The molecular weight excluding hydrogens is 476 g/mol. The van der Waals surface area contributed by atoms with Crippen LogP contribution in [0.2, 0.25) is 0 Å². The first kappa shape index (κ1) is 25.7. The summed E-state index contributed by atoms with van der Waals surface area (Å²) >= 11 is 0. The first-order chi connectivity index (χ1) is 19.0. The topological polar surface area (TPSA) is 31.4 Å². The van der Waals surface area contributed by atoms with Crippen LogP contribution in [-0.4, -0.2) is 36.1 Å². The number of rotatable bonds is 6. The Hall–Kier alpha value is -3.53. The molecule has 3 aromatic rings. The summed E-state index contributed by atoms with van der Waals surface area (Å²) in [5.74, 6) is 0. The summed E-state index contributed by atoms with van der Waals surface area (Å²) in [5.41, 5.74) is 10.6. The van der Waals surface area contributed by atoms with Gasteiger partial charge >= 0.3 is 0 Å². The number of piperidine rings is 1. The maximum Gasteiger partial charge on any atom is 0.0519 e. The predicted molar refractivity (Wildman–Crippen MR) is 163 cm³/mol. The zero-order chi connectivity index (χ0) is 26.8. The van der Waals surface area contributed by atoms with Crippen LogP contribution >= 0.6 is 0 Å². The number of benzene rings is 2. The first-order valence-corrected chi connectivity index (χ1v) is 14.7. The van der Waals surface area contributed by atoms with E-state index in [2.05, 4.69) is 94.8 Å². The lowest BCUT2D eigenvalue weighted by molar-refractivity contribution is 0.187. The molecule has 4 nitrogen and oxygen atoms in total. The van der Waals surface area contributed by atoms with E-state index in [1.54, 1.807) is 0 Å². The van der Waals surface area contributed by atoms with Crippen molar-refractivity contribution in [3.05, 3.63) is 108 Å². The van der Waals surface area contributed by atoms with Gasteiger partial charge in [0.25, 0.3) is 0 Å². The van der Waals surface area contributed by atoms with Gasteiger partial charge in [0.2, 0.25) is 0 Å². The van der Waals surface area contributed by atoms with E-state index in [1.807, 2.05) is 12.4 Å². The van der Waals surface area contributed by atoms with Gasteiger partial charge in [-0.15, -0.1) is 0 Å². The molecule has 1 atom stereocenters. The number of hydrogen-bond acceptors (Lipinski definition) is 4. The largest absolute Gasteiger partial charge is 0.378 e. The minimum atomic E-state index is 0.304. The number of likely N-dealkylation sites (tertiary alicyclic amines) is 1. The maximum absolute atomic E-state index is 4.62. The van der Waals surface area contributed by atoms with Gasteiger partial charge in [-0.1, -0.05) is 49.6 Å². The SMILES string of the molecule is C=C(NC1CCc2ccc(C(=C)N3CCCC4(CC3)CCN(c3ccncc3)CC4)cc21)c1ccccc1C. The second kappa shape index (κ2) is 10.9. The second-order valence-corrected chi connectivity index (χ2v) is 11.9. The Morgan fingerprint density at radius 2 is 1.69 bits per heavy atom. The Morgan fingerprint density at radius 1 is 0.923 bits per heavy atom. The smallest absolute Gasteiger partial charge is 0.0519 e. The Balaban J connectivity index is 1.10. The molecule has 2 aromatic carbocycles. The van der Waals surface area contributed by atoms with Crippen LogP contribution in [0.4, 0.5) is 5.69 Å². The van der Waals surface area contributed by atoms with Gasteiger partial charge < -0.3 is 15.1 Å². The van der Waals surface area contributed by atoms with Gasteiger partial charge in [0.05, 0.1) is 6.04 Å². The van der Waals surface area contributed by atoms with Crippen molar-refractivity contribution in [2.45, 2.75) is 57.9 Å². The van der Waals surface area contributed by atoms with Crippen LogP contribution in [0.1, 0.15) is 72.4 Å². The summed E-state index contributed by atoms with van der Waals surface area (Å²) in [7, 11) is 0. The van der Waals surface area contributed by atoms with E-state index in [-0.39, 0.29) is 0 Å². The second-order valence-electron chi connectivity index (χ2n) is 11.9. The lowest BCUT2D eigenvalue weighted by Gasteiger charge is -2.42. The average molecular weight is 519 g/mol. The van der Waals surface area contributed by atoms with Gasteiger partial charge in [-0.2, -0.15) is 0 Å². The minimum Gasteiger partial charge on any atom is -0.378 e. The number of nitrogens with one attached hydrogen (secondary N) is 1. The highest BCUT2D eigenvalue weighted by Crippen LogP contribution is 2.43. The van der Waals surface area contributed by atoms with Gasteiger partial charge in [0, 0.05) is 55.7 Å². The molecule has 1 unspecified atom stereocenters. The highest BCUT2D eigenvalue weighted by Gasteiger charge is 2.36. The fourth-order valence-electron chi connectivity index (χ4n) is 7.13. The van der Waals surface area contributed by atoms with Crippen LogP contribution in [0.15, 0.2) is 80.1 Å². The Morgan fingerprint density at radius 3 is 2.49 bits per heavy atom. The van der Waals surface area contributed by atoms with Crippen molar-refractivity contribution < 1.29 is 0 Å². The van der Waals surface area contributed by atoms with Crippen molar-refractivity contribution in [1.82, 2.24) is 15.2 Å². The number of aromatic nitrogens is 1. The highest BCUT2D eigenvalue weighted by molar-refractivity contribution is 5.67. The lowest BCUT2D eigenvalue weighted by atomic mass is 9.73. The number of nitrogens with zero attached hydrogens (tertiary/aromatic N) is 3. The van der Waals surface area contributed by atoms with Gasteiger partial charge in [-0.05, 0) is 103 Å². The zero-order valence-electron chi connectivity index (χ0n) is 23.5. The average Bonchev–Trinajstić information content (AvgIpc) is 3.25. The monoisotopic (exact) mass is 518 g/mol. The van der Waals surface area contributed by atoms with Gasteiger partial charge in [-0.3, -0.25) is 4.98 Å². The number of fused-ring (bicyclic) bond motifs is 1. The molecule has 1 aromatic heterocycles. The molecule has 202 valence electrons. The van der Waals surface area contributed by atoms with Crippen LogP contribution in [0, 0.1) is 12.3 Å². The molecule has 3 heterocycles. The lowest BCUT2D eigenvalue weighted by Crippen LogP contribution is -2.40. The van der Waals surface area contributed by atoms with E-state index in [0.717, 1.165) is 44.7 Å². The third-order valence-electron chi connectivity index (χ3n) is 9.66. The molecule has 1 aliphatic carbocycles. The number of aryl methyl sites for hydroxylation is 2. The van der Waals surface area contributed by atoms with Crippen molar-refractivity contribution in [2.75, 3.05) is 31.1 Å². The molecule has 1 spiro atoms. The molecule has 0 amide bonds. The van der Waals surface area contributed by atoms with Gasteiger partial charge in [0.15, 0.2) is 0 Å². The first-order valence-electron chi connectivity index (χ1n) is 14.7. The van der Waals surface area contributed by atoms with Crippen molar-refractivity contribution in [1.29, 1.82) is 0 Å². The van der Waals surface area contributed by atoms with Crippen LogP contribution < -0.4 is 10.2 Å². The summed E-state index contributed by atoms with van der Waals surface area (Å²) in [4.78, 5) is 9.29. The predicted octanol–water partition coefficient (Wildman–Crippen LogP) is 7.38. The molecule has 2 saturated heterocycles. The van der Waals surface area contributed by atoms with E-state index in [0.29, 0.717) is 11.5 Å². The summed E-state index contributed by atoms with van der Waals surface area (Å²) in [6.07, 6.45) is 12.5. The van der Waals surface area contributed by atoms with Gasteiger partial charge in [-0.25, -0.2) is 0 Å². The molecule has 2 aliphatic heterocycles. The van der Waals surface area contributed by atoms with E-state index in [4.69, 9.17) is 0 Å². The van der Waals surface area contributed by atoms with E-state index >= 15 is 0 Å². The van der Waals surface area contributed by atoms with E-state index in [1.165, 1.54) is 71.3 Å². The molecule has 6 rings (SSSR count). The van der Waals surface area contributed by atoms with Crippen LogP contribution in [-0.2, 0) is 6.42 Å². The van der Waals surface area contributed by atoms with Crippen molar-refractivity contribution in [2.24, 2.45) is 5.41 Å². The van der Waals surface area contributed by atoms with Crippen LogP contribution in [0.5, 0.6) is 0 Å². The molecule has 39 heavy (non-hydrogen) atoms. The number of pyridine rings is 1. The fraction of sp³-hybridized carbons (Fsp3) is 0.400. The maximum atomic E-state index is 4.62. The van der Waals surface area contributed by atoms with Crippen LogP contribution in [0.25, 0.3) is 11.4 Å². The molecular formula is C35H42N4. The Labute approximate surface area is 234 Å². The van der Waals surface area contributed by atoms with E-state index in [9.17, 15) is 0 Å². The summed E-state index contributed by atoms with van der Waals surface area (Å²) in [6, 6.07) is 20.1. The molecule has 3 aliphatic rings. The van der Waals surface area contributed by atoms with Crippen molar-refractivity contribution in [3.63, 3.8) is 0 Å². The molecule has 4 heteroatoms. The zero-order valence-corrected chi connectivity index (χ0v) is 23.5. The highest BCUT2D eigenvalue weighted by atomic mass is 15.2. The summed E-state index contributed by atoms with van der Waals surface area (Å²) in [5, 5.41) is 3.76. The Kier molecular flexibility index (Phi) is 7.20. The third kappa shape index (κ3) is 5.34. The van der Waals surface area contributed by atoms with E-state index < -0.39 is 0 Å². The standard InChI is InChI=1S/C35H42N4/c1-26-7-4-5-8-32(26)27(2)37-34-12-11-29-9-10-30(25-33(29)34)28(3)38-21-6-15-35(16-22-38)17-23-39(24-18-35)31-13-19-36-20-14-31/h4-5,7-10,13-14,19-20,25,34,37H,2-3,6,11-12,15-18,21-24H2,1H3. The molecule has 2 fully saturated rings. The molecule has 0 radical (unpaired) electrons. The van der Waals surface area contributed by atoms with Crippen molar-refractivity contribution >= 4 is 17.1 Å². The molecule has 1 N–H and O–H groups in total.